The van der Waals surface area contributed by atoms with Gasteiger partial charge in [-0.2, -0.15) is 0 Å². The minimum absolute atomic E-state index is 0.0869. The Balaban J connectivity index is 1.87. The van der Waals surface area contributed by atoms with E-state index in [2.05, 4.69) is 5.32 Å². The Morgan fingerprint density at radius 2 is 1.47 bits per heavy atom. The third-order valence-corrected chi connectivity index (χ3v) is 6.87. The molecule has 1 amide bonds. The predicted octanol–water partition coefficient (Wildman–Crippen LogP) is 1.38. The molecule has 3 heterocycles. The number of ketones is 1. The van der Waals surface area contributed by atoms with Gasteiger partial charge in [0, 0.05) is 49.1 Å². The first-order valence-electron chi connectivity index (χ1n) is 10.2. The molecule has 3 aliphatic rings. The number of para-hydroxylation sites is 1. The summed E-state index contributed by atoms with van der Waals surface area (Å²) < 4.78 is 2.30. The summed E-state index contributed by atoms with van der Waals surface area (Å²) in [7, 11) is 4.56. The molecule has 0 saturated carbocycles. The lowest BCUT2D eigenvalue weighted by Crippen LogP contribution is -2.53. The number of nitrogens with one attached hydrogen (secondary N) is 1. The van der Waals surface area contributed by atoms with Crippen LogP contribution < -0.4 is 21.5 Å². The molecule has 1 aromatic heterocycles. The number of nitrogens with zero attached hydrogens (tertiary/aromatic N) is 3. The Kier molecular flexibility index (Phi) is 3.32. The lowest BCUT2D eigenvalue weighted by Gasteiger charge is -2.36. The summed E-state index contributed by atoms with van der Waals surface area (Å²) in [5.41, 5.74) is 0.264. The third-order valence-electron chi connectivity index (χ3n) is 6.87. The van der Waals surface area contributed by atoms with Gasteiger partial charge in [0.25, 0.3) is 5.56 Å². The number of carbonyl (C=O) groups is 2. The number of likely N-dealkylation sites (N-methyl/N-ethyl adjacent to an activating group) is 1. The quantitative estimate of drug-likeness (QED) is 0.586. The van der Waals surface area contributed by atoms with Crippen LogP contribution in [0.25, 0.3) is 5.70 Å². The normalized spacial score (nSPS) is 20.3. The van der Waals surface area contributed by atoms with E-state index < -0.39 is 22.6 Å². The highest BCUT2D eigenvalue weighted by atomic mass is 16.2. The molecule has 2 aromatic carbocycles. The predicted molar refractivity (Wildman–Crippen MR) is 119 cm³/mol. The molecule has 32 heavy (non-hydrogen) atoms. The van der Waals surface area contributed by atoms with E-state index in [1.165, 1.54) is 16.5 Å². The van der Waals surface area contributed by atoms with Crippen LogP contribution in [0, 0.1) is 0 Å². The van der Waals surface area contributed by atoms with Gasteiger partial charge in [-0.15, -0.1) is 0 Å². The van der Waals surface area contributed by atoms with Crippen LogP contribution >= 0.6 is 0 Å². The molecule has 1 spiro atoms. The van der Waals surface area contributed by atoms with Crippen molar-refractivity contribution in [1.82, 2.24) is 9.13 Å². The zero-order valence-electron chi connectivity index (χ0n) is 17.6. The van der Waals surface area contributed by atoms with E-state index in [-0.39, 0.29) is 22.7 Å². The van der Waals surface area contributed by atoms with Gasteiger partial charge in [0.15, 0.2) is 5.78 Å². The highest BCUT2D eigenvalue weighted by Crippen LogP contribution is 2.57. The van der Waals surface area contributed by atoms with Crippen LogP contribution in [-0.4, -0.2) is 27.9 Å². The Morgan fingerprint density at radius 1 is 0.812 bits per heavy atom. The molecule has 1 aliphatic carbocycles. The maximum absolute atomic E-state index is 14.1. The minimum atomic E-state index is -1.66. The number of benzene rings is 2. The van der Waals surface area contributed by atoms with E-state index in [4.69, 9.17) is 0 Å². The minimum Gasteiger partial charge on any atom is -0.340 e. The summed E-state index contributed by atoms with van der Waals surface area (Å²) in [6.45, 7) is 0. The first kappa shape index (κ1) is 18.6. The van der Waals surface area contributed by atoms with Gasteiger partial charge in [-0.05, 0) is 6.07 Å². The number of Topliss-reactive ketones (excluding diaryl/α,β-unsaturated/α-hetero) is 1. The molecule has 0 saturated heterocycles. The zero-order chi connectivity index (χ0) is 22.5. The van der Waals surface area contributed by atoms with E-state index in [0.29, 0.717) is 28.1 Å². The van der Waals surface area contributed by atoms with Crippen molar-refractivity contribution in [3.63, 3.8) is 0 Å². The number of anilines is 2. The Hall–Kier alpha value is -4.20. The highest BCUT2D eigenvalue weighted by Gasteiger charge is 2.62. The topological polar surface area (TPSA) is 93.4 Å². The van der Waals surface area contributed by atoms with Gasteiger partial charge in [0.2, 0.25) is 5.91 Å². The van der Waals surface area contributed by atoms with Crippen LogP contribution in [0.15, 0.2) is 63.7 Å². The second-order valence-corrected chi connectivity index (χ2v) is 8.31. The molecule has 3 aromatic rings. The lowest BCUT2D eigenvalue weighted by molar-refractivity contribution is -0.120. The van der Waals surface area contributed by atoms with Crippen molar-refractivity contribution in [1.29, 1.82) is 0 Å². The van der Waals surface area contributed by atoms with Crippen molar-refractivity contribution in [2.45, 2.75) is 5.41 Å². The van der Waals surface area contributed by atoms with Gasteiger partial charge in [-0.25, -0.2) is 4.79 Å². The maximum Gasteiger partial charge on any atom is 0.332 e. The smallest absolute Gasteiger partial charge is 0.332 e. The first-order chi connectivity index (χ1) is 15.3. The molecule has 8 heteroatoms. The molecule has 6 rings (SSSR count). The molecule has 0 bridgehead atoms. The summed E-state index contributed by atoms with van der Waals surface area (Å²) >= 11 is 0. The summed E-state index contributed by atoms with van der Waals surface area (Å²) in [4.78, 5) is 55.7. The van der Waals surface area contributed by atoms with E-state index in [0.717, 1.165) is 4.57 Å². The molecular weight excluding hydrogens is 408 g/mol. The van der Waals surface area contributed by atoms with Crippen LogP contribution in [-0.2, 0) is 24.3 Å². The monoisotopic (exact) mass is 426 g/mol. The molecule has 1 unspecified atom stereocenters. The van der Waals surface area contributed by atoms with Crippen LogP contribution in [0.4, 0.5) is 11.5 Å². The zero-order valence-corrected chi connectivity index (χ0v) is 17.6. The molecule has 0 fully saturated rings. The third kappa shape index (κ3) is 1.80. The largest absolute Gasteiger partial charge is 0.340 e. The fourth-order valence-corrected chi connectivity index (χ4v) is 5.38. The van der Waals surface area contributed by atoms with Crippen LogP contribution in [0.3, 0.4) is 0 Å². The fraction of sp³-hybridized carbons (Fsp3) is 0.167. The first-order valence-corrected chi connectivity index (χ1v) is 10.2. The van der Waals surface area contributed by atoms with Gasteiger partial charge in [-0.3, -0.25) is 23.5 Å². The summed E-state index contributed by atoms with van der Waals surface area (Å²) in [6.07, 6.45) is 0. The van der Waals surface area contributed by atoms with Gasteiger partial charge in [0.1, 0.15) is 11.2 Å². The van der Waals surface area contributed by atoms with Crippen molar-refractivity contribution in [2.75, 3.05) is 17.3 Å². The van der Waals surface area contributed by atoms with Crippen molar-refractivity contribution in [2.24, 2.45) is 14.1 Å². The average molecular weight is 426 g/mol. The number of hydrogen-bond acceptors (Lipinski definition) is 5. The van der Waals surface area contributed by atoms with E-state index in [1.807, 2.05) is 12.1 Å². The van der Waals surface area contributed by atoms with Gasteiger partial charge in [-0.1, -0.05) is 42.5 Å². The molecule has 2 aliphatic heterocycles. The second-order valence-electron chi connectivity index (χ2n) is 8.31. The van der Waals surface area contributed by atoms with Gasteiger partial charge >= 0.3 is 5.69 Å². The van der Waals surface area contributed by atoms with Gasteiger partial charge < -0.3 is 10.2 Å². The fourth-order valence-electron chi connectivity index (χ4n) is 5.38. The SMILES string of the molecule is CN1C(=O)C2(C3=C(Nc4c2c(=O)n(C)c(=O)n4C)c2ccccc2C3=O)c2ccccc21. The Bertz CT molecular complexity index is 1580. The van der Waals surface area contributed by atoms with Crippen LogP contribution in [0.5, 0.6) is 0 Å². The van der Waals surface area contributed by atoms with Crippen LogP contribution in [0.1, 0.15) is 27.0 Å². The van der Waals surface area contributed by atoms with Crippen molar-refractivity contribution in [3.8, 4) is 0 Å². The number of rotatable bonds is 0. The van der Waals surface area contributed by atoms with Crippen molar-refractivity contribution >= 4 is 28.9 Å². The van der Waals surface area contributed by atoms with E-state index in [1.54, 1.807) is 50.5 Å². The molecule has 1 atom stereocenters. The Morgan fingerprint density at radius 3 is 2.22 bits per heavy atom. The lowest BCUT2D eigenvalue weighted by atomic mass is 9.67. The number of aromatic nitrogens is 2. The summed E-state index contributed by atoms with van der Waals surface area (Å²) in [6, 6.07) is 14.3. The molecule has 1 N–H and O–H groups in total. The molecule has 0 radical (unpaired) electrons. The molecular formula is C24H18N4O4. The summed E-state index contributed by atoms with van der Waals surface area (Å²) in [5.74, 6) is -0.478. The molecule has 8 nitrogen and oxygen atoms in total. The van der Waals surface area contributed by atoms with Crippen LogP contribution in [0.2, 0.25) is 0 Å². The highest BCUT2D eigenvalue weighted by molar-refractivity contribution is 6.31. The van der Waals surface area contributed by atoms with Crippen molar-refractivity contribution < 1.29 is 9.59 Å². The van der Waals surface area contributed by atoms with Crippen molar-refractivity contribution in [3.05, 3.63) is 97.2 Å². The number of hydrogen-bond donors (Lipinski definition) is 1. The van der Waals surface area contributed by atoms with Gasteiger partial charge in [0.05, 0.1) is 11.3 Å². The van der Waals surface area contributed by atoms with E-state index >= 15 is 0 Å². The number of carbonyl (C=O) groups excluding carboxylic acids is 2. The second kappa shape index (κ2) is 5.73. The maximum atomic E-state index is 14.1. The average Bonchev–Trinajstić information content (AvgIpc) is 3.22. The Labute approximate surface area is 182 Å². The number of amides is 1. The standard InChI is InChI=1S/C24H18N4O4/c1-26-15-11-7-6-10-14(15)24(22(26)31)16-18(12-8-4-5-9-13(12)19(16)29)25-20-17(24)21(30)28(3)23(32)27(20)2/h4-11,25H,1-3H3. The van der Waals surface area contributed by atoms with E-state index in [9.17, 15) is 19.2 Å². The summed E-state index contributed by atoms with van der Waals surface area (Å²) in [5, 5.41) is 3.18. The number of fused-ring (bicyclic) bond motifs is 7. The molecule has 158 valence electrons.